The Morgan fingerprint density at radius 2 is 1.72 bits per heavy atom. The van der Waals surface area contributed by atoms with Crippen LogP contribution < -0.4 is 14.9 Å². The van der Waals surface area contributed by atoms with Crippen molar-refractivity contribution in [2.24, 2.45) is 5.92 Å². The largest absolute Gasteiger partial charge is 0.325 e. The van der Waals surface area contributed by atoms with E-state index in [0.717, 1.165) is 22.4 Å². The second-order valence-corrected chi connectivity index (χ2v) is 10.6. The molecule has 0 fully saturated rings. The summed E-state index contributed by atoms with van der Waals surface area (Å²) < 4.78 is 28.9. The second kappa shape index (κ2) is 9.42. The van der Waals surface area contributed by atoms with Gasteiger partial charge in [0.2, 0.25) is 21.8 Å². The van der Waals surface area contributed by atoms with Crippen LogP contribution in [0.3, 0.4) is 0 Å². The molecule has 0 bridgehead atoms. The average Bonchev–Trinajstić information content (AvgIpc) is 3.09. The monoisotopic (exact) mass is 457 g/mol. The Morgan fingerprint density at radius 3 is 2.31 bits per heavy atom. The summed E-state index contributed by atoms with van der Waals surface area (Å²) in [6.45, 7) is 9.80. The lowest BCUT2D eigenvalue weighted by molar-refractivity contribution is -0.118. The predicted octanol–water partition coefficient (Wildman–Crippen LogP) is 3.54. The Kier molecular flexibility index (Phi) is 7.05. The van der Waals surface area contributed by atoms with Gasteiger partial charge in [0.1, 0.15) is 6.04 Å². The van der Waals surface area contributed by atoms with Crippen molar-refractivity contribution in [3.05, 3.63) is 53.1 Å². The standard InChI is InChI=1S/C24H31N3O4S/c1-15(2)10-22(24(29)25-20-12-16(3)11-17(4)13-20)26-32(30,31)21-6-7-23-19(14-21)8-9-27(23)18(5)28/h6-7,11-15,22,26H,8-10H2,1-5H3,(H,25,29). The molecule has 32 heavy (non-hydrogen) atoms. The van der Waals surface area contributed by atoms with Gasteiger partial charge < -0.3 is 10.2 Å². The molecule has 0 aliphatic carbocycles. The molecule has 0 saturated carbocycles. The fourth-order valence-corrected chi connectivity index (χ4v) is 5.34. The number of nitrogens with zero attached hydrogens (tertiary/aromatic N) is 1. The third-order valence-electron chi connectivity index (χ3n) is 5.45. The van der Waals surface area contributed by atoms with E-state index in [1.165, 1.54) is 13.0 Å². The van der Waals surface area contributed by atoms with E-state index in [2.05, 4.69) is 10.0 Å². The van der Waals surface area contributed by atoms with Crippen LogP contribution >= 0.6 is 0 Å². The van der Waals surface area contributed by atoms with Gasteiger partial charge in [-0.15, -0.1) is 0 Å². The van der Waals surface area contributed by atoms with E-state index in [0.29, 0.717) is 25.1 Å². The van der Waals surface area contributed by atoms with Gasteiger partial charge in [-0.2, -0.15) is 4.72 Å². The summed E-state index contributed by atoms with van der Waals surface area (Å²) in [5.41, 5.74) is 4.21. The van der Waals surface area contributed by atoms with Gasteiger partial charge in [0, 0.05) is 24.8 Å². The number of benzene rings is 2. The maximum absolute atomic E-state index is 13.1. The molecule has 2 N–H and O–H groups in total. The number of sulfonamides is 1. The first-order valence-corrected chi connectivity index (χ1v) is 12.3. The number of aryl methyl sites for hydroxylation is 2. The van der Waals surface area contributed by atoms with Crippen LogP contribution in [0.1, 0.15) is 43.9 Å². The lowest BCUT2D eigenvalue weighted by Gasteiger charge is -2.21. The molecule has 1 aliphatic rings. The second-order valence-electron chi connectivity index (χ2n) is 8.88. The molecule has 7 nitrogen and oxygen atoms in total. The van der Waals surface area contributed by atoms with E-state index in [1.54, 1.807) is 17.0 Å². The highest BCUT2D eigenvalue weighted by Gasteiger charge is 2.29. The number of amides is 2. The molecular formula is C24H31N3O4S. The highest BCUT2D eigenvalue weighted by Crippen LogP contribution is 2.30. The number of carbonyl (C=O) groups excluding carboxylic acids is 2. The van der Waals surface area contributed by atoms with E-state index in [1.807, 2.05) is 45.9 Å². The van der Waals surface area contributed by atoms with Crippen LogP contribution in [-0.4, -0.2) is 32.8 Å². The van der Waals surface area contributed by atoms with Crippen LogP contribution in [0.15, 0.2) is 41.3 Å². The van der Waals surface area contributed by atoms with Gasteiger partial charge in [-0.05, 0) is 79.6 Å². The van der Waals surface area contributed by atoms with Gasteiger partial charge in [-0.3, -0.25) is 9.59 Å². The highest BCUT2D eigenvalue weighted by molar-refractivity contribution is 7.89. The van der Waals surface area contributed by atoms with Gasteiger partial charge in [0.05, 0.1) is 4.90 Å². The van der Waals surface area contributed by atoms with Crippen LogP contribution in [0, 0.1) is 19.8 Å². The Balaban J connectivity index is 1.83. The first kappa shape index (κ1) is 23.9. The SMILES string of the molecule is CC(=O)N1CCc2cc(S(=O)(=O)NC(CC(C)C)C(=O)Nc3cc(C)cc(C)c3)ccc21. The first-order chi connectivity index (χ1) is 15.0. The summed E-state index contributed by atoms with van der Waals surface area (Å²) in [5.74, 6) is -0.356. The molecule has 0 radical (unpaired) electrons. The molecule has 8 heteroatoms. The third kappa shape index (κ3) is 5.55. The molecule has 172 valence electrons. The minimum absolute atomic E-state index is 0.0717. The van der Waals surface area contributed by atoms with Crippen molar-refractivity contribution in [1.82, 2.24) is 4.72 Å². The Hall–Kier alpha value is -2.71. The zero-order chi connectivity index (χ0) is 23.6. The minimum atomic E-state index is -3.93. The number of anilines is 2. The van der Waals surface area contributed by atoms with Crippen molar-refractivity contribution in [3.63, 3.8) is 0 Å². The van der Waals surface area contributed by atoms with Crippen LogP contribution in [0.2, 0.25) is 0 Å². The van der Waals surface area contributed by atoms with Gasteiger partial charge in [-0.1, -0.05) is 19.9 Å². The fraction of sp³-hybridized carbons (Fsp3) is 0.417. The molecule has 3 rings (SSSR count). The van der Waals surface area contributed by atoms with Crippen molar-refractivity contribution >= 4 is 33.2 Å². The lowest BCUT2D eigenvalue weighted by atomic mass is 10.0. The van der Waals surface area contributed by atoms with E-state index in [4.69, 9.17) is 0 Å². The van der Waals surface area contributed by atoms with Gasteiger partial charge >= 0.3 is 0 Å². The first-order valence-electron chi connectivity index (χ1n) is 10.8. The molecule has 1 heterocycles. The summed E-state index contributed by atoms with van der Waals surface area (Å²) in [7, 11) is -3.93. The van der Waals surface area contributed by atoms with E-state index in [-0.39, 0.29) is 16.7 Å². The predicted molar refractivity (Wildman–Crippen MR) is 126 cm³/mol. The lowest BCUT2D eigenvalue weighted by Crippen LogP contribution is -2.44. The molecule has 2 amide bonds. The summed E-state index contributed by atoms with van der Waals surface area (Å²) in [6, 6.07) is 9.53. The topological polar surface area (TPSA) is 95.6 Å². The van der Waals surface area contributed by atoms with Crippen LogP contribution in [0.5, 0.6) is 0 Å². The molecular weight excluding hydrogens is 426 g/mol. The summed E-state index contributed by atoms with van der Waals surface area (Å²) in [4.78, 5) is 26.5. The summed E-state index contributed by atoms with van der Waals surface area (Å²) >= 11 is 0. The smallest absolute Gasteiger partial charge is 0.242 e. The van der Waals surface area contributed by atoms with Crippen molar-refractivity contribution in [2.75, 3.05) is 16.8 Å². The molecule has 0 saturated heterocycles. The molecule has 0 aromatic heterocycles. The number of rotatable bonds is 7. The van der Waals surface area contributed by atoms with Crippen LogP contribution in [-0.2, 0) is 26.0 Å². The normalized spacial score (nSPS) is 14.4. The maximum Gasteiger partial charge on any atom is 0.242 e. The summed E-state index contributed by atoms with van der Waals surface area (Å²) in [6.07, 6.45) is 0.958. The number of hydrogen-bond acceptors (Lipinski definition) is 4. The number of carbonyl (C=O) groups is 2. The van der Waals surface area contributed by atoms with Crippen molar-refractivity contribution in [2.45, 2.75) is 58.4 Å². The van der Waals surface area contributed by atoms with Gasteiger partial charge in [0.25, 0.3) is 0 Å². The maximum atomic E-state index is 13.1. The number of fused-ring (bicyclic) bond motifs is 1. The zero-order valence-corrected chi connectivity index (χ0v) is 20.0. The average molecular weight is 458 g/mol. The Morgan fingerprint density at radius 1 is 1.06 bits per heavy atom. The fourth-order valence-electron chi connectivity index (χ4n) is 4.08. The number of nitrogens with one attached hydrogen (secondary N) is 2. The molecule has 1 aliphatic heterocycles. The quantitative estimate of drug-likeness (QED) is 0.665. The highest BCUT2D eigenvalue weighted by atomic mass is 32.2. The van der Waals surface area contributed by atoms with Crippen molar-refractivity contribution in [3.8, 4) is 0 Å². The van der Waals surface area contributed by atoms with E-state index < -0.39 is 22.0 Å². The number of hydrogen-bond donors (Lipinski definition) is 2. The van der Waals surface area contributed by atoms with E-state index in [9.17, 15) is 18.0 Å². The Labute approximate surface area is 190 Å². The molecule has 0 spiro atoms. The van der Waals surface area contributed by atoms with Gasteiger partial charge in [-0.25, -0.2) is 8.42 Å². The van der Waals surface area contributed by atoms with Crippen molar-refractivity contribution in [1.29, 1.82) is 0 Å². The molecule has 1 atom stereocenters. The van der Waals surface area contributed by atoms with Crippen LogP contribution in [0.25, 0.3) is 0 Å². The zero-order valence-electron chi connectivity index (χ0n) is 19.2. The Bertz CT molecular complexity index is 1120. The van der Waals surface area contributed by atoms with Gasteiger partial charge in [0.15, 0.2) is 0 Å². The third-order valence-corrected chi connectivity index (χ3v) is 6.92. The molecule has 2 aromatic rings. The summed E-state index contributed by atoms with van der Waals surface area (Å²) in [5, 5.41) is 2.85. The molecule has 2 aromatic carbocycles. The van der Waals surface area contributed by atoms with Crippen molar-refractivity contribution < 1.29 is 18.0 Å². The van der Waals surface area contributed by atoms with Crippen LogP contribution in [0.4, 0.5) is 11.4 Å². The molecule has 1 unspecified atom stereocenters. The minimum Gasteiger partial charge on any atom is -0.325 e. The van der Waals surface area contributed by atoms with E-state index >= 15 is 0 Å².